The summed E-state index contributed by atoms with van der Waals surface area (Å²) in [6, 6.07) is 1.11. The number of amidine groups is 1. The van der Waals surface area contributed by atoms with Crippen molar-refractivity contribution >= 4 is 41.5 Å². The van der Waals surface area contributed by atoms with Gasteiger partial charge in [0, 0.05) is 6.54 Å². The van der Waals surface area contributed by atoms with Crippen molar-refractivity contribution in [1.29, 1.82) is 0 Å². The van der Waals surface area contributed by atoms with Crippen LogP contribution in [-0.2, 0) is 11.3 Å². The summed E-state index contributed by atoms with van der Waals surface area (Å²) in [4.78, 5) is 31.5. The number of halogens is 1. The van der Waals surface area contributed by atoms with Gasteiger partial charge >= 0.3 is 12.1 Å². The Bertz CT molecular complexity index is 747. The molecule has 0 aliphatic heterocycles. The van der Waals surface area contributed by atoms with E-state index in [-0.39, 0.29) is 23.5 Å². The fourth-order valence-electron chi connectivity index (χ4n) is 2.39. The number of aliphatic imine (C=N–C) groups is 2. The maximum absolute atomic E-state index is 12.2. The van der Waals surface area contributed by atoms with E-state index in [1.807, 2.05) is 13.8 Å². The monoisotopic (exact) mass is 398 g/mol. The number of hydrogen-bond acceptors (Lipinski definition) is 4. The number of carbonyl (C=O) groups is 2. The van der Waals surface area contributed by atoms with Crippen molar-refractivity contribution in [3.8, 4) is 0 Å². The van der Waals surface area contributed by atoms with Crippen LogP contribution in [0.1, 0.15) is 50.7 Å². The molecule has 0 unspecified atom stereocenters. The summed E-state index contributed by atoms with van der Waals surface area (Å²) >= 11 is 5.86. The van der Waals surface area contributed by atoms with Crippen LogP contribution in [0, 0.1) is 12.8 Å². The fraction of sp³-hybridized carbons (Fsp3) is 0.556. The zero-order chi connectivity index (χ0) is 20.9. The van der Waals surface area contributed by atoms with E-state index in [1.54, 1.807) is 27.7 Å². The van der Waals surface area contributed by atoms with Gasteiger partial charge in [0.2, 0.25) is 5.29 Å². The Kier molecular flexibility index (Phi) is 7.59. The topological polar surface area (TPSA) is 105 Å². The largest absolute Gasteiger partial charge is 0.477 e. The van der Waals surface area contributed by atoms with E-state index in [9.17, 15) is 14.7 Å². The molecule has 0 fully saturated rings. The van der Waals surface area contributed by atoms with Crippen LogP contribution < -0.4 is 5.32 Å². The molecule has 0 aliphatic carbocycles. The highest BCUT2D eigenvalue weighted by Gasteiger charge is 2.25. The van der Waals surface area contributed by atoms with Crippen molar-refractivity contribution in [3.63, 3.8) is 0 Å². The van der Waals surface area contributed by atoms with Crippen molar-refractivity contribution in [1.82, 2.24) is 9.88 Å². The van der Waals surface area contributed by atoms with Gasteiger partial charge in [-0.1, -0.05) is 13.8 Å². The third-order valence-electron chi connectivity index (χ3n) is 3.69. The van der Waals surface area contributed by atoms with Crippen LogP contribution in [0.25, 0.3) is 0 Å². The number of amides is 1. The number of rotatable bonds is 6. The van der Waals surface area contributed by atoms with Gasteiger partial charge in [-0.15, -0.1) is 0 Å². The lowest BCUT2D eigenvalue weighted by Crippen LogP contribution is -2.44. The van der Waals surface area contributed by atoms with Gasteiger partial charge in [-0.2, -0.15) is 0 Å². The Morgan fingerprint density at radius 2 is 2.00 bits per heavy atom. The minimum atomic E-state index is -1.11. The van der Waals surface area contributed by atoms with Crippen molar-refractivity contribution in [2.24, 2.45) is 15.9 Å². The predicted molar refractivity (Wildman–Crippen MR) is 107 cm³/mol. The van der Waals surface area contributed by atoms with E-state index in [0.29, 0.717) is 11.4 Å². The normalized spacial score (nSPS) is 13.4. The van der Waals surface area contributed by atoms with Gasteiger partial charge in [-0.05, 0) is 63.6 Å². The van der Waals surface area contributed by atoms with Gasteiger partial charge in [-0.3, -0.25) is 0 Å². The van der Waals surface area contributed by atoms with E-state index in [1.165, 1.54) is 10.6 Å². The minimum Gasteiger partial charge on any atom is -0.477 e. The number of ether oxygens (including phenoxy) is 1. The molecule has 1 aromatic rings. The molecule has 0 saturated heterocycles. The third-order valence-corrected chi connectivity index (χ3v) is 3.89. The SMILES string of the molecule is C=N/C(Cl)=N\c1c(C)cc(C(=O)O)n1C[C@@H](NC(=O)OC(C)(C)C)C(C)C. The number of carboxylic acid groups (broad SMARTS) is 1. The van der Waals surface area contributed by atoms with Crippen molar-refractivity contribution in [2.45, 2.75) is 59.7 Å². The molecule has 0 spiro atoms. The molecule has 0 radical (unpaired) electrons. The smallest absolute Gasteiger partial charge is 0.407 e. The molecule has 150 valence electrons. The molecule has 9 heteroatoms. The van der Waals surface area contributed by atoms with E-state index >= 15 is 0 Å². The molecule has 0 saturated carbocycles. The van der Waals surface area contributed by atoms with E-state index in [2.05, 4.69) is 22.0 Å². The van der Waals surface area contributed by atoms with Crippen molar-refractivity contribution < 1.29 is 19.4 Å². The Morgan fingerprint density at radius 3 is 2.44 bits per heavy atom. The quantitative estimate of drug-likeness (QED) is 0.429. The molecule has 1 heterocycles. The second kappa shape index (κ2) is 9.03. The average Bonchev–Trinajstić information content (AvgIpc) is 2.81. The second-order valence-corrected chi connectivity index (χ2v) is 7.83. The lowest BCUT2D eigenvalue weighted by atomic mass is 10.0. The molecule has 1 aromatic heterocycles. The molecule has 0 bridgehead atoms. The molecular formula is C18H27ClN4O4. The number of nitrogens with one attached hydrogen (secondary N) is 1. The lowest BCUT2D eigenvalue weighted by Gasteiger charge is -2.27. The predicted octanol–water partition coefficient (Wildman–Crippen LogP) is 3.97. The first-order valence-electron chi connectivity index (χ1n) is 8.49. The minimum absolute atomic E-state index is 0.00620. The van der Waals surface area contributed by atoms with Crippen LogP contribution in [-0.4, -0.2) is 45.4 Å². The number of aryl methyl sites for hydroxylation is 1. The van der Waals surface area contributed by atoms with Gasteiger partial charge < -0.3 is 19.7 Å². The van der Waals surface area contributed by atoms with Crippen molar-refractivity contribution in [2.75, 3.05) is 0 Å². The molecule has 1 amide bonds. The third kappa shape index (κ3) is 6.71. The number of nitrogens with zero attached hydrogens (tertiary/aromatic N) is 3. The summed E-state index contributed by atoms with van der Waals surface area (Å²) in [5.41, 5.74) is 0.0194. The maximum atomic E-state index is 12.2. The van der Waals surface area contributed by atoms with Crippen LogP contribution in [0.4, 0.5) is 10.6 Å². The zero-order valence-corrected chi connectivity index (χ0v) is 17.3. The number of aromatic carboxylic acids is 1. The molecule has 0 aliphatic rings. The van der Waals surface area contributed by atoms with Crippen LogP contribution in [0.15, 0.2) is 16.1 Å². The first-order chi connectivity index (χ1) is 12.4. The Balaban J connectivity index is 3.26. The summed E-state index contributed by atoms with van der Waals surface area (Å²) in [6.45, 7) is 14.3. The van der Waals surface area contributed by atoms with E-state index in [4.69, 9.17) is 16.3 Å². The molecule has 1 rings (SSSR count). The lowest BCUT2D eigenvalue weighted by molar-refractivity contribution is 0.0484. The van der Waals surface area contributed by atoms with E-state index in [0.717, 1.165) is 0 Å². The van der Waals surface area contributed by atoms with Gasteiger partial charge in [0.05, 0.1) is 6.04 Å². The average molecular weight is 399 g/mol. The van der Waals surface area contributed by atoms with E-state index < -0.39 is 23.7 Å². The Morgan fingerprint density at radius 1 is 1.41 bits per heavy atom. The van der Waals surface area contributed by atoms with Crippen LogP contribution in [0.5, 0.6) is 0 Å². The molecule has 27 heavy (non-hydrogen) atoms. The highest BCUT2D eigenvalue weighted by molar-refractivity contribution is 6.65. The standard InChI is InChI=1S/C18H27ClN4O4/c1-10(2)12(21-17(26)27-18(4,5)6)9-23-13(15(24)25)8-11(3)14(23)22-16(19)20-7/h8,10,12H,7,9H2,1-6H3,(H,21,26)(H,24,25)/b22-16-/t12-/m1/s1. The molecule has 2 N–H and O–H groups in total. The number of aromatic nitrogens is 1. The maximum Gasteiger partial charge on any atom is 0.407 e. The Hall–Kier alpha value is -2.35. The summed E-state index contributed by atoms with van der Waals surface area (Å²) < 4.78 is 6.80. The summed E-state index contributed by atoms with van der Waals surface area (Å²) in [7, 11) is 0. The Labute approximate surface area is 164 Å². The van der Waals surface area contributed by atoms with Crippen molar-refractivity contribution in [3.05, 3.63) is 17.3 Å². The van der Waals surface area contributed by atoms with Gasteiger partial charge in [0.25, 0.3) is 0 Å². The van der Waals surface area contributed by atoms with Gasteiger partial charge in [-0.25, -0.2) is 19.6 Å². The molecule has 1 atom stereocenters. The highest BCUT2D eigenvalue weighted by atomic mass is 35.5. The second-order valence-electron chi connectivity index (χ2n) is 7.49. The number of carbonyl (C=O) groups excluding carboxylic acids is 1. The summed E-state index contributed by atoms with van der Waals surface area (Å²) in [6.07, 6.45) is -0.571. The number of alkyl carbamates (subject to hydrolysis) is 1. The number of hydrogen-bond donors (Lipinski definition) is 2. The molecule has 8 nitrogen and oxygen atoms in total. The summed E-state index contributed by atoms with van der Waals surface area (Å²) in [5.74, 6) is -0.754. The highest BCUT2D eigenvalue weighted by Crippen LogP contribution is 2.26. The van der Waals surface area contributed by atoms with Gasteiger partial charge in [0.15, 0.2) is 0 Å². The zero-order valence-electron chi connectivity index (χ0n) is 16.5. The first kappa shape index (κ1) is 22.7. The van der Waals surface area contributed by atoms with Gasteiger partial charge in [0.1, 0.15) is 17.1 Å². The molecule has 0 aromatic carbocycles. The van der Waals surface area contributed by atoms with Crippen LogP contribution >= 0.6 is 11.6 Å². The first-order valence-corrected chi connectivity index (χ1v) is 8.87. The molecular weight excluding hydrogens is 372 g/mol. The summed E-state index contributed by atoms with van der Waals surface area (Å²) in [5, 5.41) is 12.2. The van der Waals surface area contributed by atoms with Crippen LogP contribution in [0.2, 0.25) is 0 Å². The van der Waals surface area contributed by atoms with Crippen LogP contribution in [0.3, 0.4) is 0 Å². The fourth-order valence-corrected chi connectivity index (χ4v) is 2.47. The number of carboxylic acids is 1.